The summed E-state index contributed by atoms with van der Waals surface area (Å²) in [6.45, 7) is 6.34. The van der Waals surface area contributed by atoms with Crippen molar-refractivity contribution in [1.29, 1.82) is 0 Å². The molecule has 0 aliphatic carbocycles. The van der Waals surface area contributed by atoms with Crippen molar-refractivity contribution >= 4 is 5.91 Å². The van der Waals surface area contributed by atoms with Crippen LogP contribution < -0.4 is 5.32 Å². The maximum Gasteiger partial charge on any atom is 0.272 e. The SMILES string of the molecule is Cc1cn(C)nc1CNC(=O)c1n[nH]c2c1C[C@@H](C)O[C@H]2C. The lowest BCUT2D eigenvalue weighted by Crippen LogP contribution is -2.27. The number of aryl methyl sites for hydroxylation is 2. The van der Waals surface area contributed by atoms with E-state index < -0.39 is 0 Å². The zero-order valence-electron chi connectivity index (χ0n) is 13.3. The third-order valence-corrected chi connectivity index (χ3v) is 3.98. The molecule has 0 fully saturated rings. The van der Waals surface area contributed by atoms with Crippen molar-refractivity contribution in [2.75, 3.05) is 0 Å². The molecule has 0 radical (unpaired) electrons. The lowest BCUT2D eigenvalue weighted by Gasteiger charge is -2.25. The number of nitrogens with one attached hydrogen (secondary N) is 2. The Morgan fingerprint density at radius 3 is 3.00 bits per heavy atom. The first kappa shape index (κ1) is 14.8. The van der Waals surface area contributed by atoms with E-state index in [1.54, 1.807) is 4.68 Å². The van der Waals surface area contributed by atoms with Crippen LogP contribution in [-0.4, -0.2) is 32.0 Å². The zero-order chi connectivity index (χ0) is 15.9. The van der Waals surface area contributed by atoms with E-state index in [-0.39, 0.29) is 18.1 Å². The number of rotatable bonds is 3. The molecule has 0 unspecified atom stereocenters. The number of carbonyl (C=O) groups is 1. The molecule has 1 amide bonds. The van der Waals surface area contributed by atoms with Crippen LogP contribution >= 0.6 is 0 Å². The lowest BCUT2D eigenvalue weighted by atomic mass is 9.99. The van der Waals surface area contributed by atoms with Gasteiger partial charge in [-0.3, -0.25) is 14.6 Å². The van der Waals surface area contributed by atoms with Gasteiger partial charge < -0.3 is 10.1 Å². The van der Waals surface area contributed by atoms with Crippen molar-refractivity contribution in [2.45, 2.75) is 45.9 Å². The number of H-pyrrole nitrogens is 1. The fourth-order valence-corrected chi connectivity index (χ4v) is 2.94. The second kappa shape index (κ2) is 5.57. The fraction of sp³-hybridized carbons (Fsp3) is 0.533. The Labute approximate surface area is 129 Å². The molecule has 0 saturated carbocycles. The van der Waals surface area contributed by atoms with Crippen molar-refractivity contribution in [2.24, 2.45) is 7.05 Å². The van der Waals surface area contributed by atoms with Gasteiger partial charge in [-0.25, -0.2) is 0 Å². The molecular weight excluding hydrogens is 282 g/mol. The normalized spacial score (nSPS) is 20.7. The monoisotopic (exact) mass is 303 g/mol. The van der Waals surface area contributed by atoms with Crippen molar-refractivity contribution in [3.05, 3.63) is 34.4 Å². The van der Waals surface area contributed by atoms with Crippen LogP contribution in [0.15, 0.2) is 6.20 Å². The molecule has 0 bridgehead atoms. The van der Waals surface area contributed by atoms with Gasteiger partial charge in [0, 0.05) is 25.2 Å². The van der Waals surface area contributed by atoms with E-state index in [4.69, 9.17) is 4.74 Å². The molecule has 2 aromatic heterocycles. The quantitative estimate of drug-likeness (QED) is 0.897. The summed E-state index contributed by atoms with van der Waals surface area (Å²) in [7, 11) is 1.87. The van der Waals surface area contributed by atoms with Gasteiger partial charge in [-0.2, -0.15) is 10.2 Å². The van der Waals surface area contributed by atoms with E-state index in [0.717, 1.165) is 22.5 Å². The molecule has 3 heterocycles. The van der Waals surface area contributed by atoms with Crippen LogP contribution in [0.4, 0.5) is 0 Å². The van der Waals surface area contributed by atoms with Gasteiger partial charge in [0.15, 0.2) is 5.69 Å². The predicted molar refractivity (Wildman–Crippen MR) is 80.4 cm³/mol. The maximum atomic E-state index is 12.4. The topological polar surface area (TPSA) is 84.8 Å². The molecule has 0 spiro atoms. The Bertz CT molecular complexity index is 703. The van der Waals surface area contributed by atoms with Crippen LogP contribution in [0.1, 0.15) is 53.0 Å². The van der Waals surface area contributed by atoms with E-state index >= 15 is 0 Å². The van der Waals surface area contributed by atoms with Crippen LogP contribution in [0.2, 0.25) is 0 Å². The second-order valence-corrected chi connectivity index (χ2v) is 5.87. The van der Waals surface area contributed by atoms with Gasteiger partial charge in [0.1, 0.15) is 0 Å². The Kier molecular flexibility index (Phi) is 3.74. The highest BCUT2D eigenvalue weighted by Crippen LogP contribution is 2.30. The highest BCUT2D eigenvalue weighted by molar-refractivity contribution is 5.94. The molecule has 7 heteroatoms. The lowest BCUT2D eigenvalue weighted by molar-refractivity contribution is -0.00697. The van der Waals surface area contributed by atoms with E-state index in [0.29, 0.717) is 18.7 Å². The number of ether oxygens (including phenoxy) is 1. The van der Waals surface area contributed by atoms with Gasteiger partial charge >= 0.3 is 0 Å². The van der Waals surface area contributed by atoms with Gasteiger partial charge in [-0.05, 0) is 26.3 Å². The Morgan fingerprint density at radius 2 is 2.32 bits per heavy atom. The first-order chi connectivity index (χ1) is 10.5. The average molecular weight is 303 g/mol. The molecule has 7 nitrogen and oxygen atoms in total. The number of aromatic amines is 1. The first-order valence-corrected chi connectivity index (χ1v) is 7.45. The van der Waals surface area contributed by atoms with Crippen molar-refractivity contribution in [1.82, 2.24) is 25.3 Å². The first-order valence-electron chi connectivity index (χ1n) is 7.45. The van der Waals surface area contributed by atoms with Gasteiger partial charge in [-0.1, -0.05) is 0 Å². The summed E-state index contributed by atoms with van der Waals surface area (Å²) < 4.78 is 7.48. The highest BCUT2D eigenvalue weighted by Gasteiger charge is 2.29. The van der Waals surface area contributed by atoms with Crippen molar-refractivity contribution < 1.29 is 9.53 Å². The molecule has 2 N–H and O–H groups in total. The molecule has 0 aromatic carbocycles. The van der Waals surface area contributed by atoms with Crippen LogP contribution in [0.3, 0.4) is 0 Å². The molecular formula is C15H21N5O2. The van der Waals surface area contributed by atoms with Gasteiger partial charge in [-0.15, -0.1) is 0 Å². The molecule has 118 valence electrons. The number of aromatic nitrogens is 4. The smallest absolute Gasteiger partial charge is 0.272 e. The van der Waals surface area contributed by atoms with Crippen LogP contribution in [0, 0.1) is 6.92 Å². The summed E-state index contributed by atoms with van der Waals surface area (Å²) in [5, 5.41) is 14.3. The van der Waals surface area contributed by atoms with Crippen LogP contribution in [0.5, 0.6) is 0 Å². The standard InChI is InChI=1S/C15H21N5O2/c1-8-7-20(4)19-12(8)6-16-15(21)14-11-5-9(2)22-10(3)13(11)17-18-14/h7,9-10H,5-6H2,1-4H3,(H,16,21)(H,17,18)/t9-,10+/m1/s1. The summed E-state index contributed by atoms with van der Waals surface area (Å²) in [5.41, 5.74) is 4.25. The van der Waals surface area contributed by atoms with Gasteiger partial charge in [0.2, 0.25) is 0 Å². The Balaban J connectivity index is 1.75. The minimum absolute atomic E-state index is 0.0640. The molecule has 2 aromatic rings. The third kappa shape index (κ3) is 2.64. The summed E-state index contributed by atoms with van der Waals surface area (Å²) in [5.74, 6) is -0.177. The number of carbonyl (C=O) groups excluding carboxylic acids is 1. The third-order valence-electron chi connectivity index (χ3n) is 3.98. The average Bonchev–Trinajstić information content (AvgIpc) is 2.99. The number of hydrogen-bond donors (Lipinski definition) is 2. The molecule has 22 heavy (non-hydrogen) atoms. The highest BCUT2D eigenvalue weighted by atomic mass is 16.5. The summed E-state index contributed by atoms with van der Waals surface area (Å²) in [6.07, 6.45) is 2.65. The fourth-order valence-electron chi connectivity index (χ4n) is 2.94. The summed E-state index contributed by atoms with van der Waals surface area (Å²) in [6, 6.07) is 0. The van der Waals surface area contributed by atoms with E-state index in [2.05, 4.69) is 20.6 Å². The predicted octanol–water partition coefficient (Wildman–Crippen LogP) is 1.40. The number of fused-ring (bicyclic) bond motifs is 1. The molecule has 1 aliphatic heterocycles. The van der Waals surface area contributed by atoms with Crippen molar-refractivity contribution in [3.63, 3.8) is 0 Å². The van der Waals surface area contributed by atoms with Crippen LogP contribution in [-0.2, 0) is 24.8 Å². The van der Waals surface area contributed by atoms with E-state index in [1.165, 1.54) is 0 Å². The Hall–Kier alpha value is -2.15. The number of nitrogens with zero attached hydrogens (tertiary/aromatic N) is 3. The van der Waals surface area contributed by atoms with Crippen molar-refractivity contribution in [3.8, 4) is 0 Å². The second-order valence-electron chi connectivity index (χ2n) is 5.87. The summed E-state index contributed by atoms with van der Waals surface area (Å²) in [4.78, 5) is 12.4. The van der Waals surface area contributed by atoms with E-state index in [9.17, 15) is 4.79 Å². The minimum atomic E-state index is -0.177. The Morgan fingerprint density at radius 1 is 1.55 bits per heavy atom. The van der Waals surface area contributed by atoms with Gasteiger partial charge in [0.05, 0.1) is 30.1 Å². The zero-order valence-corrected chi connectivity index (χ0v) is 13.3. The molecule has 0 saturated heterocycles. The minimum Gasteiger partial charge on any atom is -0.369 e. The number of amides is 1. The molecule has 1 aliphatic rings. The molecule has 2 atom stereocenters. The van der Waals surface area contributed by atoms with E-state index in [1.807, 2.05) is 34.0 Å². The molecule has 3 rings (SSSR count). The van der Waals surface area contributed by atoms with Crippen LogP contribution in [0.25, 0.3) is 0 Å². The van der Waals surface area contributed by atoms with Gasteiger partial charge in [0.25, 0.3) is 5.91 Å². The largest absolute Gasteiger partial charge is 0.369 e. The number of hydrogen-bond acceptors (Lipinski definition) is 4. The maximum absolute atomic E-state index is 12.4. The summed E-state index contributed by atoms with van der Waals surface area (Å²) >= 11 is 0.